The molecule has 16 heavy (non-hydrogen) atoms. The van der Waals surface area contributed by atoms with Gasteiger partial charge in [-0.1, -0.05) is 25.2 Å². The van der Waals surface area contributed by atoms with E-state index >= 15 is 0 Å². The van der Waals surface area contributed by atoms with E-state index in [4.69, 9.17) is 0 Å². The fraction of sp³-hybridized carbons (Fsp3) is 0.455. The van der Waals surface area contributed by atoms with Crippen LogP contribution in [0.3, 0.4) is 0 Å². The fourth-order valence-corrected chi connectivity index (χ4v) is 1.49. The summed E-state index contributed by atoms with van der Waals surface area (Å²) in [5.41, 5.74) is 0.642. The molecule has 1 aromatic heterocycles. The minimum absolute atomic E-state index is 0.161. The van der Waals surface area contributed by atoms with E-state index < -0.39 is 9.84 Å². The van der Waals surface area contributed by atoms with E-state index in [1.165, 1.54) is 12.4 Å². The van der Waals surface area contributed by atoms with Gasteiger partial charge in [0.25, 0.3) is 0 Å². The molecule has 0 saturated carbocycles. The second-order valence-corrected chi connectivity index (χ2v) is 5.34. The quantitative estimate of drug-likeness (QED) is 0.454. The molecule has 0 radical (unpaired) electrons. The fourth-order valence-electron chi connectivity index (χ4n) is 1.00. The molecular formula is C11H14N2O2S. The molecule has 0 atom stereocenters. The van der Waals surface area contributed by atoms with E-state index in [9.17, 15) is 8.42 Å². The Bertz CT molecular complexity index is 495. The van der Waals surface area contributed by atoms with Crippen LogP contribution in [0.15, 0.2) is 17.6 Å². The van der Waals surface area contributed by atoms with Crippen LogP contribution in [0.5, 0.6) is 0 Å². The molecule has 0 aliphatic rings. The molecule has 0 amide bonds. The van der Waals surface area contributed by atoms with Crippen LogP contribution in [-0.4, -0.2) is 24.6 Å². The molecule has 1 aromatic rings. The predicted molar refractivity (Wildman–Crippen MR) is 61.5 cm³/mol. The van der Waals surface area contributed by atoms with Gasteiger partial charge in [-0.05, 0) is 6.42 Å². The summed E-state index contributed by atoms with van der Waals surface area (Å²) in [7, 11) is -3.32. The molecule has 86 valence electrons. The van der Waals surface area contributed by atoms with Crippen LogP contribution in [0.25, 0.3) is 0 Å². The molecule has 5 heteroatoms. The topological polar surface area (TPSA) is 59.9 Å². The van der Waals surface area contributed by atoms with Gasteiger partial charge < -0.3 is 0 Å². The van der Waals surface area contributed by atoms with Crippen molar-refractivity contribution in [3.63, 3.8) is 0 Å². The minimum Gasteiger partial charge on any atom is -0.226 e. The standard InChI is InChI=1S/C11H14N2O2S/c1-3-4-5-6-7-10-8-12-11(13-9-10)16(2,14)15/h8-9H,3-5H2,1-2H3. The highest BCUT2D eigenvalue weighted by atomic mass is 32.2. The molecule has 0 bridgehead atoms. The number of hydrogen-bond acceptors (Lipinski definition) is 4. The van der Waals surface area contributed by atoms with Crippen molar-refractivity contribution < 1.29 is 8.42 Å². The Labute approximate surface area is 96.0 Å². The third-order valence-corrected chi connectivity index (χ3v) is 2.72. The van der Waals surface area contributed by atoms with Crippen molar-refractivity contribution in [1.82, 2.24) is 9.97 Å². The van der Waals surface area contributed by atoms with Crippen LogP contribution < -0.4 is 0 Å². The molecule has 0 fully saturated rings. The number of unbranched alkanes of at least 4 members (excludes halogenated alkanes) is 2. The molecule has 0 N–H and O–H groups in total. The molecule has 0 unspecified atom stereocenters. The van der Waals surface area contributed by atoms with Crippen LogP contribution in [0.2, 0.25) is 0 Å². The Morgan fingerprint density at radius 1 is 1.31 bits per heavy atom. The van der Waals surface area contributed by atoms with Crippen LogP contribution in [0.1, 0.15) is 31.7 Å². The van der Waals surface area contributed by atoms with Crippen molar-refractivity contribution in [3.05, 3.63) is 18.0 Å². The van der Waals surface area contributed by atoms with Crippen molar-refractivity contribution in [2.75, 3.05) is 6.26 Å². The lowest BCUT2D eigenvalue weighted by molar-refractivity contribution is 0.593. The summed E-state index contributed by atoms with van der Waals surface area (Å²) in [5.74, 6) is 5.87. The molecule has 0 saturated heterocycles. The first kappa shape index (κ1) is 12.7. The summed E-state index contributed by atoms with van der Waals surface area (Å²) in [5, 5.41) is -0.161. The number of aromatic nitrogens is 2. The predicted octanol–water partition coefficient (Wildman–Crippen LogP) is 1.42. The second kappa shape index (κ2) is 5.61. The van der Waals surface area contributed by atoms with Gasteiger partial charge in [-0.15, -0.1) is 0 Å². The zero-order chi connectivity index (χ0) is 12.0. The number of hydrogen-bond donors (Lipinski definition) is 0. The third kappa shape index (κ3) is 3.99. The highest BCUT2D eigenvalue weighted by molar-refractivity contribution is 7.90. The average Bonchev–Trinajstić information content (AvgIpc) is 2.24. The number of rotatable bonds is 3. The molecule has 0 aromatic carbocycles. The lowest BCUT2D eigenvalue weighted by Crippen LogP contribution is -2.03. The summed E-state index contributed by atoms with van der Waals surface area (Å²) < 4.78 is 22.2. The Morgan fingerprint density at radius 2 is 1.94 bits per heavy atom. The molecular weight excluding hydrogens is 224 g/mol. The van der Waals surface area contributed by atoms with Crippen LogP contribution in [0, 0.1) is 11.8 Å². The largest absolute Gasteiger partial charge is 0.246 e. The first-order chi connectivity index (χ1) is 7.54. The average molecular weight is 238 g/mol. The Hall–Kier alpha value is -1.41. The van der Waals surface area contributed by atoms with Crippen molar-refractivity contribution >= 4 is 9.84 Å². The molecule has 1 rings (SSSR count). The summed E-state index contributed by atoms with van der Waals surface area (Å²) in [6.07, 6.45) is 6.96. The summed E-state index contributed by atoms with van der Waals surface area (Å²) >= 11 is 0. The van der Waals surface area contributed by atoms with Crippen molar-refractivity contribution in [1.29, 1.82) is 0 Å². The Morgan fingerprint density at radius 3 is 2.44 bits per heavy atom. The van der Waals surface area contributed by atoms with Crippen LogP contribution >= 0.6 is 0 Å². The smallest absolute Gasteiger partial charge is 0.226 e. The van der Waals surface area contributed by atoms with Gasteiger partial charge in [0.05, 0.1) is 5.56 Å². The zero-order valence-electron chi connectivity index (χ0n) is 9.40. The van der Waals surface area contributed by atoms with Crippen molar-refractivity contribution in [2.24, 2.45) is 0 Å². The van der Waals surface area contributed by atoms with Crippen molar-refractivity contribution in [3.8, 4) is 11.8 Å². The van der Waals surface area contributed by atoms with Gasteiger partial charge in [-0.2, -0.15) is 0 Å². The maximum Gasteiger partial charge on any atom is 0.246 e. The molecule has 4 nitrogen and oxygen atoms in total. The SMILES string of the molecule is CCCCC#Cc1cnc(S(C)(=O)=O)nc1. The molecule has 0 aliphatic carbocycles. The van der Waals surface area contributed by atoms with Gasteiger partial charge in [-0.3, -0.25) is 0 Å². The Balaban J connectivity index is 2.75. The lowest BCUT2D eigenvalue weighted by atomic mass is 10.2. The van der Waals surface area contributed by atoms with Gasteiger partial charge in [-0.25, -0.2) is 18.4 Å². The maximum atomic E-state index is 11.1. The van der Waals surface area contributed by atoms with E-state index in [0.717, 1.165) is 25.5 Å². The first-order valence-electron chi connectivity index (χ1n) is 5.05. The zero-order valence-corrected chi connectivity index (χ0v) is 10.2. The Kier molecular flexibility index (Phi) is 4.44. The summed E-state index contributed by atoms with van der Waals surface area (Å²) in [6.45, 7) is 2.10. The highest BCUT2D eigenvalue weighted by Gasteiger charge is 2.09. The molecule has 0 aliphatic heterocycles. The van der Waals surface area contributed by atoms with Gasteiger partial charge in [0.1, 0.15) is 0 Å². The van der Waals surface area contributed by atoms with Gasteiger partial charge in [0, 0.05) is 25.1 Å². The summed E-state index contributed by atoms with van der Waals surface area (Å²) in [6, 6.07) is 0. The molecule has 1 heterocycles. The van der Waals surface area contributed by atoms with E-state index in [0.29, 0.717) is 5.56 Å². The van der Waals surface area contributed by atoms with Gasteiger partial charge >= 0.3 is 0 Å². The third-order valence-electron chi connectivity index (χ3n) is 1.85. The highest BCUT2D eigenvalue weighted by Crippen LogP contribution is 2.01. The maximum absolute atomic E-state index is 11.1. The van der Waals surface area contributed by atoms with Crippen LogP contribution in [-0.2, 0) is 9.84 Å². The normalized spacial score (nSPS) is 10.6. The monoisotopic (exact) mass is 238 g/mol. The van der Waals surface area contributed by atoms with Crippen LogP contribution in [0.4, 0.5) is 0 Å². The van der Waals surface area contributed by atoms with E-state index in [2.05, 4.69) is 28.7 Å². The first-order valence-corrected chi connectivity index (χ1v) is 6.94. The summed E-state index contributed by atoms with van der Waals surface area (Å²) in [4.78, 5) is 7.49. The van der Waals surface area contributed by atoms with Gasteiger partial charge in [0.2, 0.25) is 15.0 Å². The van der Waals surface area contributed by atoms with E-state index in [-0.39, 0.29) is 5.16 Å². The second-order valence-electron chi connectivity index (χ2n) is 3.43. The minimum atomic E-state index is -3.32. The lowest BCUT2D eigenvalue weighted by Gasteiger charge is -1.94. The molecule has 0 spiro atoms. The van der Waals surface area contributed by atoms with E-state index in [1.54, 1.807) is 0 Å². The van der Waals surface area contributed by atoms with Gasteiger partial charge in [0.15, 0.2) is 0 Å². The van der Waals surface area contributed by atoms with Crippen molar-refractivity contribution in [2.45, 2.75) is 31.3 Å². The number of nitrogens with zero attached hydrogens (tertiary/aromatic N) is 2. The van der Waals surface area contributed by atoms with E-state index in [1.807, 2.05) is 0 Å². The number of sulfone groups is 1.